The zero-order valence-corrected chi connectivity index (χ0v) is 17.4. The van der Waals surface area contributed by atoms with Crippen LogP contribution in [-0.4, -0.2) is 32.1 Å². The fraction of sp³-hybridized carbons (Fsp3) is 0.333. The van der Waals surface area contributed by atoms with E-state index in [0.29, 0.717) is 5.58 Å². The molecule has 1 saturated heterocycles. The molecule has 1 aliphatic heterocycles. The number of pyridine rings is 1. The van der Waals surface area contributed by atoms with Gasteiger partial charge in [-0.2, -0.15) is 0 Å². The second-order valence-electron chi connectivity index (χ2n) is 8.18. The molecule has 4 heterocycles. The summed E-state index contributed by atoms with van der Waals surface area (Å²) in [6, 6.07) is 14.2. The van der Waals surface area contributed by atoms with Crippen molar-refractivity contribution < 1.29 is 4.42 Å². The smallest absolute Gasteiger partial charge is 0.408 e. The maximum absolute atomic E-state index is 12.5. The molecule has 0 radical (unpaired) electrons. The fourth-order valence-corrected chi connectivity index (χ4v) is 4.83. The van der Waals surface area contributed by atoms with Crippen LogP contribution < -0.4 is 5.76 Å². The molecular formula is C24H26N4O2. The summed E-state index contributed by atoms with van der Waals surface area (Å²) in [5.74, 6) is -0.252. The largest absolute Gasteiger partial charge is 0.420 e. The number of nitrogens with zero attached hydrogens (tertiary/aromatic N) is 4. The van der Waals surface area contributed by atoms with E-state index in [1.54, 1.807) is 6.20 Å². The van der Waals surface area contributed by atoms with Crippen LogP contribution >= 0.6 is 0 Å². The second kappa shape index (κ2) is 7.61. The lowest BCUT2D eigenvalue weighted by molar-refractivity contribution is 0.167. The zero-order valence-electron chi connectivity index (χ0n) is 17.4. The van der Waals surface area contributed by atoms with Gasteiger partial charge in [-0.3, -0.25) is 14.5 Å². The number of hydrogen-bond acceptors (Lipinski definition) is 4. The minimum atomic E-state index is -0.252. The van der Waals surface area contributed by atoms with E-state index in [0.717, 1.165) is 43.7 Å². The lowest BCUT2D eigenvalue weighted by Crippen LogP contribution is -2.38. The van der Waals surface area contributed by atoms with Crippen LogP contribution in [0.15, 0.2) is 64.1 Å². The van der Waals surface area contributed by atoms with Gasteiger partial charge in [-0.25, -0.2) is 4.79 Å². The number of fused-ring (bicyclic) bond motifs is 1. The third-order valence-electron chi connectivity index (χ3n) is 6.20. The van der Waals surface area contributed by atoms with E-state index >= 15 is 0 Å². The van der Waals surface area contributed by atoms with Crippen LogP contribution in [-0.2, 0) is 6.54 Å². The van der Waals surface area contributed by atoms with E-state index < -0.39 is 0 Å². The monoisotopic (exact) mass is 402 g/mol. The fourth-order valence-electron chi connectivity index (χ4n) is 4.83. The van der Waals surface area contributed by atoms with Crippen molar-refractivity contribution in [1.29, 1.82) is 0 Å². The minimum absolute atomic E-state index is 0.136. The van der Waals surface area contributed by atoms with Crippen molar-refractivity contribution in [2.75, 3.05) is 13.1 Å². The van der Waals surface area contributed by atoms with Crippen LogP contribution in [0.3, 0.4) is 0 Å². The van der Waals surface area contributed by atoms with Crippen molar-refractivity contribution in [2.24, 2.45) is 0 Å². The van der Waals surface area contributed by atoms with Crippen LogP contribution in [0, 0.1) is 13.8 Å². The van der Waals surface area contributed by atoms with Gasteiger partial charge in [0.25, 0.3) is 0 Å². The molecule has 5 rings (SSSR count). The Morgan fingerprint density at radius 1 is 1.17 bits per heavy atom. The summed E-state index contributed by atoms with van der Waals surface area (Å²) >= 11 is 0. The summed E-state index contributed by atoms with van der Waals surface area (Å²) in [6.45, 7) is 7.07. The standard InChI is InChI=1S/C24H26N4O2/c1-17-13-19(18(2)27(17)20-7-5-11-25-14-20)15-26-12-6-8-21(16-26)28-22-9-3-4-10-23(22)30-24(28)29/h3-5,7,9-11,13-14,21H,6,8,12,15-16H2,1-2H3/t21-/m1/s1. The molecule has 1 fully saturated rings. The van der Waals surface area contributed by atoms with Gasteiger partial charge in [-0.05, 0) is 69.1 Å². The first kappa shape index (κ1) is 18.9. The molecule has 0 saturated carbocycles. The normalized spacial score (nSPS) is 17.6. The molecule has 1 atom stereocenters. The summed E-state index contributed by atoms with van der Waals surface area (Å²) < 4.78 is 9.58. The Labute approximate surface area is 175 Å². The average Bonchev–Trinajstić information content (AvgIpc) is 3.23. The van der Waals surface area contributed by atoms with Crippen LogP contribution in [0.25, 0.3) is 16.8 Å². The molecular weight excluding hydrogens is 376 g/mol. The van der Waals surface area contributed by atoms with Gasteiger partial charge in [-0.1, -0.05) is 12.1 Å². The van der Waals surface area contributed by atoms with Gasteiger partial charge < -0.3 is 8.98 Å². The van der Waals surface area contributed by atoms with E-state index in [1.807, 2.05) is 41.1 Å². The topological polar surface area (TPSA) is 56.2 Å². The van der Waals surface area contributed by atoms with Crippen molar-refractivity contribution >= 4 is 11.1 Å². The number of benzene rings is 1. The highest BCUT2D eigenvalue weighted by molar-refractivity contribution is 5.72. The first-order chi connectivity index (χ1) is 14.6. The van der Waals surface area contributed by atoms with Gasteiger partial charge >= 0.3 is 5.76 Å². The predicted octanol–water partition coefficient (Wildman–Crippen LogP) is 4.23. The molecule has 6 heteroatoms. The lowest BCUT2D eigenvalue weighted by Gasteiger charge is -2.33. The number of likely N-dealkylation sites (tertiary alicyclic amines) is 1. The summed E-state index contributed by atoms with van der Waals surface area (Å²) in [7, 11) is 0. The Morgan fingerprint density at radius 3 is 2.87 bits per heavy atom. The van der Waals surface area contributed by atoms with Gasteiger partial charge in [0.1, 0.15) is 0 Å². The number of rotatable bonds is 4. The Hall–Kier alpha value is -3.12. The van der Waals surface area contributed by atoms with Gasteiger partial charge in [0, 0.05) is 30.7 Å². The maximum atomic E-state index is 12.5. The summed E-state index contributed by atoms with van der Waals surface area (Å²) in [5, 5.41) is 0. The summed E-state index contributed by atoms with van der Waals surface area (Å²) in [5.41, 5.74) is 6.42. The van der Waals surface area contributed by atoms with Crippen molar-refractivity contribution in [3.8, 4) is 5.69 Å². The third kappa shape index (κ3) is 3.27. The molecule has 1 aliphatic rings. The molecule has 0 spiro atoms. The van der Waals surface area contributed by atoms with E-state index in [-0.39, 0.29) is 11.8 Å². The Kier molecular flexibility index (Phi) is 4.79. The number of aromatic nitrogens is 3. The first-order valence-corrected chi connectivity index (χ1v) is 10.5. The first-order valence-electron chi connectivity index (χ1n) is 10.5. The van der Waals surface area contributed by atoms with Gasteiger partial charge in [0.05, 0.1) is 23.4 Å². The van der Waals surface area contributed by atoms with Gasteiger partial charge in [0.2, 0.25) is 0 Å². The SMILES string of the molecule is Cc1cc(CN2CCC[C@@H](n3c(=O)oc4ccccc43)C2)c(C)n1-c1cccnc1. The molecule has 30 heavy (non-hydrogen) atoms. The lowest BCUT2D eigenvalue weighted by atomic mass is 10.0. The molecule has 1 aromatic carbocycles. The van der Waals surface area contributed by atoms with Crippen LogP contribution in [0.2, 0.25) is 0 Å². The molecule has 3 aromatic heterocycles. The molecule has 0 N–H and O–H groups in total. The second-order valence-corrected chi connectivity index (χ2v) is 8.18. The van der Waals surface area contributed by atoms with Crippen molar-refractivity contribution in [2.45, 2.75) is 39.3 Å². The van der Waals surface area contributed by atoms with Crippen LogP contribution in [0.1, 0.15) is 35.8 Å². The van der Waals surface area contributed by atoms with E-state index in [1.165, 1.54) is 17.0 Å². The molecule has 0 aliphatic carbocycles. The third-order valence-corrected chi connectivity index (χ3v) is 6.20. The highest BCUT2D eigenvalue weighted by atomic mass is 16.4. The van der Waals surface area contributed by atoms with Crippen LogP contribution in [0.4, 0.5) is 0 Å². The Morgan fingerprint density at radius 2 is 2.03 bits per heavy atom. The average molecular weight is 402 g/mol. The Balaban J connectivity index is 1.40. The van der Waals surface area contributed by atoms with Gasteiger partial charge in [-0.15, -0.1) is 0 Å². The van der Waals surface area contributed by atoms with E-state index in [9.17, 15) is 4.79 Å². The number of para-hydroxylation sites is 2. The maximum Gasteiger partial charge on any atom is 0.420 e. The number of oxazole rings is 1. The number of piperidine rings is 1. The highest BCUT2D eigenvalue weighted by Crippen LogP contribution is 2.27. The minimum Gasteiger partial charge on any atom is -0.408 e. The molecule has 154 valence electrons. The molecule has 0 bridgehead atoms. The highest BCUT2D eigenvalue weighted by Gasteiger charge is 2.26. The van der Waals surface area contributed by atoms with E-state index in [4.69, 9.17) is 4.42 Å². The molecule has 0 amide bonds. The van der Waals surface area contributed by atoms with E-state index in [2.05, 4.69) is 40.4 Å². The van der Waals surface area contributed by atoms with Gasteiger partial charge in [0.15, 0.2) is 5.58 Å². The summed E-state index contributed by atoms with van der Waals surface area (Å²) in [6.07, 6.45) is 5.76. The van der Waals surface area contributed by atoms with Crippen LogP contribution in [0.5, 0.6) is 0 Å². The number of hydrogen-bond donors (Lipinski definition) is 0. The quantitative estimate of drug-likeness (QED) is 0.512. The van der Waals surface area contributed by atoms with Crippen molar-refractivity contribution in [1.82, 2.24) is 19.0 Å². The zero-order chi connectivity index (χ0) is 20.7. The summed E-state index contributed by atoms with van der Waals surface area (Å²) in [4.78, 5) is 19.3. The molecule has 6 nitrogen and oxygen atoms in total. The van der Waals surface area contributed by atoms with Crippen molar-refractivity contribution in [3.05, 3.63) is 82.4 Å². The molecule has 4 aromatic rings. The Bertz CT molecular complexity index is 1240. The molecule has 0 unspecified atom stereocenters. The van der Waals surface area contributed by atoms with Crippen molar-refractivity contribution in [3.63, 3.8) is 0 Å². The predicted molar refractivity (Wildman–Crippen MR) is 117 cm³/mol. The number of aryl methyl sites for hydroxylation is 1.